The van der Waals surface area contributed by atoms with Crippen molar-refractivity contribution in [2.24, 2.45) is 0 Å². The molecule has 0 bridgehead atoms. The van der Waals surface area contributed by atoms with Gasteiger partial charge in [-0.05, 0) is 24.1 Å². The summed E-state index contributed by atoms with van der Waals surface area (Å²) in [6.45, 7) is 0.809. The van der Waals surface area contributed by atoms with Gasteiger partial charge in [0.1, 0.15) is 11.6 Å². The monoisotopic (exact) mass is 262 g/mol. The van der Waals surface area contributed by atoms with Gasteiger partial charge in [0.15, 0.2) is 0 Å². The van der Waals surface area contributed by atoms with Crippen LogP contribution < -0.4 is 10.6 Å². The number of anilines is 2. The lowest BCUT2D eigenvalue weighted by Gasteiger charge is -2.06. The van der Waals surface area contributed by atoms with E-state index < -0.39 is 0 Å². The van der Waals surface area contributed by atoms with Gasteiger partial charge in [0.25, 0.3) is 0 Å². The summed E-state index contributed by atoms with van der Waals surface area (Å²) in [5.41, 5.74) is 1.24. The van der Waals surface area contributed by atoms with Crippen LogP contribution in [0.3, 0.4) is 0 Å². The second-order valence-corrected chi connectivity index (χ2v) is 4.28. The Morgan fingerprint density at radius 1 is 1.11 bits per heavy atom. The van der Waals surface area contributed by atoms with Gasteiger partial charge in [0, 0.05) is 18.6 Å². The summed E-state index contributed by atoms with van der Waals surface area (Å²) in [5, 5.41) is 6.95. The fraction of sp³-hybridized carbons (Fsp3) is 0.231. The smallest absolute Gasteiger partial charge is 0.146 e. The van der Waals surface area contributed by atoms with Crippen molar-refractivity contribution in [2.45, 2.75) is 6.42 Å². The van der Waals surface area contributed by atoms with E-state index in [1.54, 1.807) is 12.4 Å². The molecule has 0 atom stereocenters. The molecule has 0 amide bonds. The Morgan fingerprint density at radius 2 is 1.83 bits per heavy atom. The van der Waals surface area contributed by atoms with Gasteiger partial charge in [-0.1, -0.05) is 23.7 Å². The molecule has 0 spiro atoms. The number of rotatable bonds is 5. The second kappa shape index (κ2) is 6.21. The zero-order valence-electron chi connectivity index (χ0n) is 10.2. The minimum atomic E-state index is 0.756. The van der Waals surface area contributed by atoms with Gasteiger partial charge in [-0.2, -0.15) is 0 Å². The molecule has 2 aromatic rings. The van der Waals surface area contributed by atoms with Gasteiger partial charge < -0.3 is 10.6 Å². The largest absolute Gasteiger partial charge is 0.372 e. The highest BCUT2D eigenvalue weighted by Gasteiger charge is 1.97. The van der Waals surface area contributed by atoms with Crippen molar-refractivity contribution in [1.29, 1.82) is 0 Å². The molecule has 1 aromatic carbocycles. The van der Waals surface area contributed by atoms with Gasteiger partial charge in [0.2, 0.25) is 0 Å². The van der Waals surface area contributed by atoms with Crippen molar-refractivity contribution in [3.63, 3.8) is 0 Å². The fourth-order valence-corrected chi connectivity index (χ4v) is 1.68. The zero-order chi connectivity index (χ0) is 12.8. The lowest BCUT2D eigenvalue weighted by molar-refractivity contribution is 1.000. The third-order valence-corrected chi connectivity index (χ3v) is 2.78. The zero-order valence-corrected chi connectivity index (χ0v) is 10.9. The van der Waals surface area contributed by atoms with Crippen LogP contribution in [0.15, 0.2) is 36.7 Å². The maximum absolute atomic E-state index is 5.83. The predicted octanol–water partition coefficient (Wildman–Crippen LogP) is 2.83. The van der Waals surface area contributed by atoms with Crippen molar-refractivity contribution in [2.75, 3.05) is 24.2 Å². The van der Waals surface area contributed by atoms with Gasteiger partial charge in [-0.15, -0.1) is 0 Å². The molecular formula is C13H15ClN4. The van der Waals surface area contributed by atoms with Crippen molar-refractivity contribution in [3.05, 3.63) is 47.2 Å². The standard InChI is InChI=1S/C13H15ClN4/c1-15-12-8-16-9-13(18-12)17-7-6-10-2-4-11(14)5-3-10/h2-5,8-9H,6-7H2,1H3,(H2,15,17,18). The topological polar surface area (TPSA) is 49.8 Å². The van der Waals surface area contributed by atoms with Gasteiger partial charge in [-0.25, -0.2) is 4.98 Å². The van der Waals surface area contributed by atoms with Crippen LogP contribution in [0.2, 0.25) is 5.02 Å². The lowest BCUT2D eigenvalue weighted by atomic mass is 10.1. The van der Waals surface area contributed by atoms with Crippen LogP contribution in [0.1, 0.15) is 5.56 Å². The molecule has 0 aliphatic heterocycles. The first-order valence-corrected chi connectivity index (χ1v) is 6.14. The minimum absolute atomic E-state index is 0.756. The van der Waals surface area contributed by atoms with Crippen LogP contribution >= 0.6 is 11.6 Å². The Balaban J connectivity index is 1.86. The second-order valence-electron chi connectivity index (χ2n) is 3.84. The summed E-state index contributed by atoms with van der Waals surface area (Å²) in [4.78, 5) is 8.42. The molecule has 0 radical (unpaired) electrons. The summed E-state index contributed by atoms with van der Waals surface area (Å²) >= 11 is 5.83. The fourth-order valence-electron chi connectivity index (χ4n) is 1.56. The van der Waals surface area contributed by atoms with Crippen LogP contribution in [0.5, 0.6) is 0 Å². The highest BCUT2D eigenvalue weighted by Crippen LogP contribution is 2.10. The number of hydrogen-bond acceptors (Lipinski definition) is 4. The number of hydrogen-bond donors (Lipinski definition) is 2. The summed E-state index contributed by atoms with van der Waals surface area (Å²) in [7, 11) is 1.82. The van der Waals surface area contributed by atoms with E-state index in [0.717, 1.165) is 29.6 Å². The molecule has 0 aliphatic carbocycles. The highest BCUT2D eigenvalue weighted by atomic mass is 35.5. The number of halogens is 1. The first-order valence-electron chi connectivity index (χ1n) is 5.76. The van der Waals surface area contributed by atoms with Crippen LogP contribution in [0.4, 0.5) is 11.6 Å². The van der Waals surface area contributed by atoms with Crippen molar-refractivity contribution in [3.8, 4) is 0 Å². The average Bonchev–Trinajstić information content (AvgIpc) is 2.41. The minimum Gasteiger partial charge on any atom is -0.372 e. The molecule has 0 saturated carbocycles. The van der Waals surface area contributed by atoms with Gasteiger partial charge in [0.05, 0.1) is 12.4 Å². The number of nitrogens with zero attached hydrogens (tertiary/aromatic N) is 2. The SMILES string of the molecule is CNc1cncc(NCCc2ccc(Cl)cc2)n1. The Labute approximate surface area is 111 Å². The average molecular weight is 263 g/mol. The van der Waals surface area contributed by atoms with Crippen LogP contribution in [0.25, 0.3) is 0 Å². The molecule has 0 unspecified atom stereocenters. The molecule has 0 saturated heterocycles. The molecule has 0 aliphatic rings. The van der Waals surface area contributed by atoms with E-state index in [9.17, 15) is 0 Å². The maximum atomic E-state index is 5.83. The number of benzene rings is 1. The number of nitrogens with one attached hydrogen (secondary N) is 2. The Morgan fingerprint density at radius 3 is 2.56 bits per heavy atom. The summed E-state index contributed by atoms with van der Waals surface area (Å²) in [6.07, 6.45) is 4.32. The molecule has 1 heterocycles. The summed E-state index contributed by atoms with van der Waals surface area (Å²) in [6, 6.07) is 7.86. The maximum Gasteiger partial charge on any atom is 0.146 e. The lowest BCUT2D eigenvalue weighted by Crippen LogP contribution is -2.07. The molecule has 2 rings (SSSR count). The predicted molar refractivity (Wildman–Crippen MR) is 75.2 cm³/mol. The molecule has 5 heteroatoms. The van der Waals surface area contributed by atoms with Crippen molar-refractivity contribution in [1.82, 2.24) is 9.97 Å². The Kier molecular flexibility index (Phi) is 4.36. The van der Waals surface area contributed by atoms with E-state index in [-0.39, 0.29) is 0 Å². The van der Waals surface area contributed by atoms with E-state index in [1.807, 2.05) is 31.3 Å². The van der Waals surface area contributed by atoms with Crippen molar-refractivity contribution >= 4 is 23.2 Å². The molecule has 18 heavy (non-hydrogen) atoms. The van der Waals surface area contributed by atoms with E-state index in [0.29, 0.717) is 0 Å². The van der Waals surface area contributed by atoms with Crippen LogP contribution in [0, 0.1) is 0 Å². The molecule has 2 N–H and O–H groups in total. The van der Waals surface area contributed by atoms with E-state index in [1.165, 1.54) is 5.56 Å². The van der Waals surface area contributed by atoms with Crippen molar-refractivity contribution < 1.29 is 0 Å². The quantitative estimate of drug-likeness (QED) is 0.870. The van der Waals surface area contributed by atoms with Gasteiger partial charge >= 0.3 is 0 Å². The van der Waals surface area contributed by atoms with E-state index >= 15 is 0 Å². The van der Waals surface area contributed by atoms with E-state index in [4.69, 9.17) is 11.6 Å². The first kappa shape index (κ1) is 12.6. The van der Waals surface area contributed by atoms with Crippen LogP contribution in [-0.2, 0) is 6.42 Å². The van der Waals surface area contributed by atoms with Crippen LogP contribution in [-0.4, -0.2) is 23.6 Å². The third-order valence-electron chi connectivity index (χ3n) is 2.52. The summed E-state index contributed by atoms with van der Waals surface area (Å²) in [5.74, 6) is 1.53. The third kappa shape index (κ3) is 3.60. The molecule has 94 valence electrons. The molecular weight excluding hydrogens is 248 g/mol. The molecule has 1 aromatic heterocycles. The van der Waals surface area contributed by atoms with E-state index in [2.05, 4.69) is 20.6 Å². The van der Waals surface area contributed by atoms with Gasteiger partial charge in [-0.3, -0.25) is 4.98 Å². The molecule has 0 fully saturated rings. The Bertz CT molecular complexity index is 499. The number of aromatic nitrogens is 2. The summed E-state index contributed by atoms with van der Waals surface area (Å²) < 4.78 is 0. The Hall–Kier alpha value is -1.81. The first-order chi connectivity index (χ1) is 8.78. The highest BCUT2D eigenvalue weighted by molar-refractivity contribution is 6.30. The molecule has 4 nitrogen and oxygen atoms in total. The normalized spacial score (nSPS) is 10.1.